The lowest BCUT2D eigenvalue weighted by Crippen LogP contribution is -3.00. The number of allylic oxidation sites excluding steroid dienone is 4. The highest BCUT2D eigenvalue weighted by atomic mass is 35.5. The predicted octanol–water partition coefficient (Wildman–Crippen LogP) is -1.08. The molecule has 0 bridgehead atoms. The first-order chi connectivity index (χ1) is 14.8. The Balaban J connectivity index is 0.00000363. The topological polar surface area (TPSA) is 80.7 Å². The molecular formula is C24H25ClN4O3. The molecule has 2 aromatic carbocycles. The van der Waals surface area contributed by atoms with Crippen LogP contribution >= 0.6 is 0 Å². The molecule has 1 aliphatic rings. The van der Waals surface area contributed by atoms with Gasteiger partial charge in [-0.15, -0.1) is 0 Å². The van der Waals surface area contributed by atoms with E-state index in [9.17, 15) is 14.9 Å². The number of carbonyl (C=O) groups excluding carboxylic acids is 1. The van der Waals surface area contributed by atoms with Gasteiger partial charge >= 0.3 is 0 Å². The van der Waals surface area contributed by atoms with Crippen LogP contribution in [0.15, 0.2) is 84.2 Å². The Labute approximate surface area is 193 Å². The third kappa shape index (κ3) is 5.70. The molecule has 0 amide bonds. The number of nitrogens with one attached hydrogen (secondary N) is 1. The Bertz CT molecular complexity index is 1060. The van der Waals surface area contributed by atoms with Gasteiger partial charge in [0.1, 0.15) is 0 Å². The van der Waals surface area contributed by atoms with Gasteiger partial charge in [0.2, 0.25) is 5.71 Å². The average Bonchev–Trinajstić information content (AvgIpc) is 2.75. The van der Waals surface area contributed by atoms with Crippen LogP contribution in [-0.2, 0) is 4.79 Å². The Hall–Kier alpha value is -3.71. The first-order valence-corrected chi connectivity index (χ1v) is 9.74. The fraction of sp³-hybridized carbons (Fsp3) is 0.167. The molecule has 7 nitrogen and oxygen atoms in total. The number of carbonyl (C=O) groups is 1. The van der Waals surface area contributed by atoms with Crippen LogP contribution in [-0.4, -0.2) is 44.6 Å². The number of hydrogen-bond donors (Lipinski definition) is 1. The van der Waals surface area contributed by atoms with Gasteiger partial charge in [-0.25, -0.2) is 4.99 Å². The molecule has 0 heterocycles. The second-order valence-electron chi connectivity index (χ2n) is 7.53. The lowest BCUT2D eigenvalue weighted by Gasteiger charge is -2.13. The quantitative estimate of drug-likeness (QED) is 0.261. The fourth-order valence-corrected chi connectivity index (χ4v) is 3.10. The first kappa shape index (κ1) is 24.6. The van der Waals surface area contributed by atoms with E-state index in [0.717, 1.165) is 28.2 Å². The second-order valence-corrected chi connectivity index (χ2v) is 7.53. The van der Waals surface area contributed by atoms with Gasteiger partial charge in [-0.1, -0.05) is 0 Å². The smallest absolute Gasteiger partial charge is 0.270 e. The maximum Gasteiger partial charge on any atom is 0.270 e. The van der Waals surface area contributed by atoms with E-state index in [2.05, 4.69) is 4.99 Å². The van der Waals surface area contributed by atoms with Crippen LogP contribution in [0.2, 0.25) is 0 Å². The van der Waals surface area contributed by atoms with Gasteiger partial charge in [0.25, 0.3) is 5.70 Å². The fourth-order valence-electron chi connectivity index (χ4n) is 3.10. The summed E-state index contributed by atoms with van der Waals surface area (Å²) in [7, 11) is 7.90. The lowest BCUT2D eigenvalue weighted by molar-refractivity contribution is -0.419. The molecule has 1 N–H and O–H groups in total. The summed E-state index contributed by atoms with van der Waals surface area (Å²) in [6.07, 6.45) is 5.22. The number of halogens is 1. The molecule has 3 rings (SSSR count). The Morgan fingerprint density at radius 1 is 0.875 bits per heavy atom. The van der Waals surface area contributed by atoms with Crippen LogP contribution in [0.1, 0.15) is 11.1 Å². The van der Waals surface area contributed by atoms with Crippen molar-refractivity contribution in [1.82, 2.24) is 0 Å². The van der Waals surface area contributed by atoms with Crippen LogP contribution in [0.3, 0.4) is 0 Å². The van der Waals surface area contributed by atoms with Crippen molar-refractivity contribution in [1.29, 1.82) is 0 Å². The summed E-state index contributed by atoms with van der Waals surface area (Å²) in [5.74, 6) is -0.289. The molecule has 0 aromatic heterocycles. The molecule has 0 unspecified atom stereocenters. The van der Waals surface area contributed by atoms with Crippen molar-refractivity contribution in [3.8, 4) is 0 Å². The molecule has 0 atom stereocenters. The third-order valence-electron chi connectivity index (χ3n) is 4.92. The summed E-state index contributed by atoms with van der Waals surface area (Å²) >= 11 is 0. The van der Waals surface area contributed by atoms with E-state index < -0.39 is 4.92 Å². The van der Waals surface area contributed by atoms with E-state index in [4.69, 9.17) is 0 Å². The van der Waals surface area contributed by atoms with Crippen LogP contribution in [0.5, 0.6) is 0 Å². The minimum Gasteiger partial charge on any atom is -1.00 e. The number of benzene rings is 2. The molecule has 0 saturated carbocycles. The zero-order valence-electron chi connectivity index (χ0n) is 18.4. The molecule has 0 fully saturated rings. The van der Waals surface area contributed by atoms with E-state index in [1.54, 1.807) is 0 Å². The molecular weight excluding hydrogens is 428 g/mol. The zero-order valence-corrected chi connectivity index (χ0v) is 19.1. The average molecular weight is 453 g/mol. The number of nitrogens with zero attached hydrogens (tertiary/aromatic N) is 3. The summed E-state index contributed by atoms with van der Waals surface area (Å²) in [6.45, 7) is 0. The molecule has 32 heavy (non-hydrogen) atoms. The second kappa shape index (κ2) is 10.5. The minimum absolute atomic E-state index is 0. The van der Waals surface area contributed by atoms with Gasteiger partial charge in [-0.3, -0.25) is 14.9 Å². The molecule has 1 aliphatic carbocycles. The van der Waals surface area contributed by atoms with Crippen LogP contribution < -0.4 is 27.2 Å². The van der Waals surface area contributed by atoms with E-state index in [1.807, 2.05) is 86.5 Å². The van der Waals surface area contributed by atoms with E-state index in [-0.39, 0.29) is 29.5 Å². The van der Waals surface area contributed by atoms with Gasteiger partial charge in [0.05, 0.1) is 10.5 Å². The van der Waals surface area contributed by atoms with Crippen molar-refractivity contribution in [2.45, 2.75) is 0 Å². The maximum atomic E-state index is 12.2. The summed E-state index contributed by atoms with van der Waals surface area (Å²) in [5.41, 5.74) is 4.88. The molecule has 0 spiro atoms. The van der Waals surface area contributed by atoms with Crippen LogP contribution in [0.4, 0.5) is 11.4 Å². The van der Waals surface area contributed by atoms with E-state index in [0.29, 0.717) is 0 Å². The predicted molar refractivity (Wildman–Crippen MR) is 123 cm³/mol. The SMILES string of the molecule is CN(C)c1ccc(C(=[NH+]/C=C2\C=C([N+](=O)[O-])C=CC2=O)c2ccc(N(C)C)cc2)cc1.[Cl-]. The number of ketones is 1. The number of rotatable bonds is 6. The Kier molecular flexibility index (Phi) is 8.09. The van der Waals surface area contributed by atoms with Gasteiger partial charge in [-0.05, 0) is 54.6 Å². The van der Waals surface area contributed by atoms with Gasteiger partial charge in [-0.2, -0.15) is 0 Å². The third-order valence-corrected chi connectivity index (χ3v) is 4.92. The molecule has 0 radical (unpaired) electrons. The number of nitro groups is 1. The first-order valence-electron chi connectivity index (χ1n) is 9.74. The lowest BCUT2D eigenvalue weighted by atomic mass is 10.0. The van der Waals surface area contributed by atoms with Crippen molar-refractivity contribution in [2.24, 2.45) is 0 Å². The maximum absolute atomic E-state index is 12.2. The van der Waals surface area contributed by atoms with E-state index >= 15 is 0 Å². The Morgan fingerprint density at radius 3 is 1.75 bits per heavy atom. The zero-order chi connectivity index (χ0) is 22.5. The van der Waals surface area contributed by atoms with Gasteiger partial charge in [0, 0.05) is 62.8 Å². The summed E-state index contributed by atoms with van der Waals surface area (Å²) in [5, 5.41) is 11.1. The highest BCUT2D eigenvalue weighted by Gasteiger charge is 2.20. The molecule has 0 saturated heterocycles. The van der Waals surface area contributed by atoms with Crippen molar-refractivity contribution in [3.63, 3.8) is 0 Å². The van der Waals surface area contributed by atoms with Gasteiger partial charge < -0.3 is 22.2 Å². The highest BCUT2D eigenvalue weighted by molar-refractivity contribution is 6.10. The van der Waals surface area contributed by atoms with Crippen molar-refractivity contribution >= 4 is 22.9 Å². The standard InChI is InChI=1S/C24H24N4O3.ClH/c1-26(2)20-9-5-17(6-10-20)24(18-7-11-21(12-8-18)27(3)4)25-16-19-15-22(28(30)31)13-14-23(19)29;/h5-16H,1-4H3;1H/b19-16+;. The summed E-state index contributed by atoms with van der Waals surface area (Å²) in [6, 6.07) is 16.0. The van der Waals surface area contributed by atoms with Crippen LogP contribution in [0.25, 0.3) is 0 Å². The summed E-state index contributed by atoms with van der Waals surface area (Å²) in [4.78, 5) is 30.0. The van der Waals surface area contributed by atoms with Crippen LogP contribution in [0, 0.1) is 10.1 Å². The number of anilines is 2. The minimum atomic E-state index is -0.513. The molecule has 166 valence electrons. The van der Waals surface area contributed by atoms with Crippen molar-refractivity contribution < 1.29 is 27.1 Å². The molecule has 2 aromatic rings. The molecule has 0 aliphatic heterocycles. The monoisotopic (exact) mass is 452 g/mol. The van der Waals surface area contributed by atoms with E-state index in [1.165, 1.54) is 24.4 Å². The van der Waals surface area contributed by atoms with Crippen molar-refractivity contribution in [2.75, 3.05) is 38.0 Å². The Morgan fingerprint density at radius 2 is 1.34 bits per heavy atom. The van der Waals surface area contributed by atoms with Gasteiger partial charge in [0.15, 0.2) is 12.0 Å². The largest absolute Gasteiger partial charge is 1.00 e. The number of hydrogen-bond acceptors (Lipinski definition) is 5. The normalized spacial score (nSPS) is 13.8. The molecule has 8 heteroatoms. The van der Waals surface area contributed by atoms with Crippen molar-refractivity contribution in [3.05, 3.63) is 105 Å². The summed E-state index contributed by atoms with van der Waals surface area (Å²) < 4.78 is 0. The highest BCUT2D eigenvalue weighted by Crippen LogP contribution is 2.17.